The highest BCUT2D eigenvalue weighted by Crippen LogP contribution is 2.40. The van der Waals surface area contributed by atoms with Crippen LogP contribution in [-0.2, 0) is 0 Å². The Morgan fingerprint density at radius 3 is 2.58 bits per heavy atom. The third-order valence-electron chi connectivity index (χ3n) is 4.17. The fourth-order valence-electron chi connectivity index (χ4n) is 2.68. The van der Waals surface area contributed by atoms with Crippen LogP contribution in [0.3, 0.4) is 0 Å². The van der Waals surface area contributed by atoms with E-state index in [0.717, 1.165) is 25.1 Å². The standard InChI is InChI=1S/C17H18N2/c1-13-3-4-15-10-16(6-5-14(15)9-13)19-12-17(11-18)7-2-8-17/h3-6,9-10,19H,2,7-8,12H2,1H3. The Hall–Kier alpha value is -2.01. The lowest BCUT2D eigenvalue weighted by atomic mass is 9.70. The molecule has 19 heavy (non-hydrogen) atoms. The van der Waals surface area contributed by atoms with Gasteiger partial charge < -0.3 is 5.32 Å². The molecule has 0 saturated heterocycles. The summed E-state index contributed by atoms with van der Waals surface area (Å²) in [5.74, 6) is 0. The Morgan fingerprint density at radius 1 is 1.16 bits per heavy atom. The largest absolute Gasteiger partial charge is 0.383 e. The molecule has 0 amide bonds. The van der Waals surface area contributed by atoms with Gasteiger partial charge >= 0.3 is 0 Å². The van der Waals surface area contributed by atoms with Crippen molar-refractivity contribution in [2.45, 2.75) is 26.2 Å². The van der Waals surface area contributed by atoms with Gasteiger partial charge in [-0.3, -0.25) is 0 Å². The second-order valence-electron chi connectivity index (χ2n) is 5.66. The lowest BCUT2D eigenvalue weighted by molar-refractivity contribution is 0.233. The third-order valence-corrected chi connectivity index (χ3v) is 4.17. The Bertz CT molecular complexity index is 648. The van der Waals surface area contributed by atoms with Crippen molar-refractivity contribution in [3.63, 3.8) is 0 Å². The highest BCUT2D eigenvalue weighted by molar-refractivity contribution is 5.86. The minimum Gasteiger partial charge on any atom is -0.383 e. The molecule has 0 radical (unpaired) electrons. The number of hydrogen-bond donors (Lipinski definition) is 1. The lowest BCUT2D eigenvalue weighted by Crippen LogP contribution is -2.34. The van der Waals surface area contributed by atoms with E-state index in [1.165, 1.54) is 22.8 Å². The minimum absolute atomic E-state index is 0.123. The zero-order valence-electron chi connectivity index (χ0n) is 11.2. The van der Waals surface area contributed by atoms with Gasteiger partial charge in [0.25, 0.3) is 0 Å². The molecular formula is C17H18N2. The molecule has 1 aliphatic carbocycles. The quantitative estimate of drug-likeness (QED) is 0.883. The number of fused-ring (bicyclic) bond motifs is 1. The summed E-state index contributed by atoms with van der Waals surface area (Å²) in [6, 6.07) is 15.4. The van der Waals surface area contributed by atoms with E-state index in [4.69, 9.17) is 0 Å². The zero-order chi connectivity index (χ0) is 13.3. The first-order valence-electron chi connectivity index (χ1n) is 6.86. The summed E-state index contributed by atoms with van der Waals surface area (Å²) in [5.41, 5.74) is 2.27. The molecule has 96 valence electrons. The van der Waals surface area contributed by atoms with Crippen LogP contribution in [0.25, 0.3) is 10.8 Å². The fourth-order valence-corrected chi connectivity index (χ4v) is 2.68. The fraction of sp³-hybridized carbons (Fsp3) is 0.353. The van der Waals surface area contributed by atoms with Gasteiger partial charge in [0.1, 0.15) is 0 Å². The highest BCUT2D eigenvalue weighted by Gasteiger charge is 2.36. The van der Waals surface area contributed by atoms with E-state index >= 15 is 0 Å². The average molecular weight is 250 g/mol. The number of nitrogens with zero attached hydrogens (tertiary/aromatic N) is 1. The number of anilines is 1. The number of rotatable bonds is 3. The first-order valence-corrected chi connectivity index (χ1v) is 6.86. The Balaban J connectivity index is 1.78. The molecule has 0 unspecified atom stereocenters. The molecule has 1 fully saturated rings. The normalized spacial score (nSPS) is 16.6. The van der Waals surface area contributed by atoms with Crippen LogP contribution in [0.4, 0.5) is 5.69 Å². The van der Waals surface area contributed by atoms with E-state index in [2.05, 4.69) is 54.7 Å². The summed E-state index contributed by atoms with van der Waals surface area (Å²) in [6.45, 7) is 2.87. The van der Waals surface area contributed by atoms with E-state index in [9.17, 15) is 5.26 Å². The van der Waals surface area contributed by atoms with Crippen LogP contribution >= 0.6 is 0 Å². The van der Waals surface area contributed by atoms with E-state index in [-0.39, 0.29) is 5.41 Å². The number of hydrogen-bond acceptors (Lipinski definition) is 2. The molecule has 1 aliphatic rings. The van der Waals surface area contributed by atoms with Gasteiger partial charge in [0, 0.05) is 12.2 Å². The van der Waals surface area contributed by atoms with Gasteiger partial charge in [0.2, 0.25) is 0 Å². The number of aryl methyl sites for hydroxylation is 1. The van der Waals surface area contributed by atoms with Crippen LogP contribution < -0.4 is 5.32 Å². The summed E-state index contributed by atoms with van der Waals surface area (Å²) in [5, 5.41) is 15.2. The molecule has 2 aromatic rings. The second-order valence-corrected chi connectivity index (χ2v) is 5.66. The highest BCUT2D eigenvalue weighted by atomic mass is 14.9. The molecule has 0 heterocycles. The molecule has 2 heteroatoms. The molecule has 0 atom stereocenters. The molecule has 0 spiro atoms. The van der Waals surface area contributed by atoms with Gasteiger partial charge in [0.15, 0.2) is 0 Å². The first kappa shape index (κ1) is 12.0. The molecule has 0 aromatic heterocycles. The van der Waals surface area contributed by atoms with E-state index in [1.807, 2.05) is 0 Å². The SMILES string of the molecule is Cc1ccc2cc(NCC3(C#N)CCC3)ccc2c1. The summed E-state index contributed by atoms with van der Waals surface area (Å²) in [7, 11) is 0. The van der Waals surface area contributed by atoms with E-state index in [1.54, 1.807) is 0 Å². The lowest BCUT2D eigenvalue weighted by Gasteiger charge is -2.35. The number of nitrogens with one attached hydrogen (secondary N) is 1. The van der Waals surface area contributed by atoms with Crippen LogP contribution in [0.2, 0.25) is 0 Å². The molecule has 0 bridgehead atoms. The van der Waals surface area contributed by atoms with Crippen molar-refractivity contribution in [2.75, 3.05) is 11.9 Å². The summed E-state index contributed by atoms with van der Waals surface area (Å²) >= 11 is 0. The number of nitriles is 1. The first-order chi connectivity index (χ1) is 9.21. The molecule has 3 rings (SSSR count). The maximum absolute atomic E-state index is 9.23. The topological polar surface area (TPSA) is 35.8 Å². The second kappa shape index (κ2) is 4.59. The van der Waals surface area contributed by atoms with Crippen molar-refractivity contribution >= 4 is 16.5 Å². The molecular weight excluding hydrogens is 232 g/mol. The number of benzene rings is 2. The van der Waals surface area contributed by atoms with Crippen LogP contribution in [0.15, 0.2) is 36.4 Å². The monoisotopic (exact) mass is 250 g/mol. The van der Waals surface area contributed by atoms with Crippen LogP contribution in [-0.4, -0.2) is 6.54 Å². The van der Waals surface area contributed by atoms with E-state index in [0.29, 0.717) is 0 Å². The van der Waals surface area contributed by atoms with Crippen molar-refractivity contribution < 1.29 is 0 Å². The molecule has 2 aromatic carbocycles. The molecule has 1 saturated carbocycles. The predicted octanol–water partition coefficient (Wildman–Crippen LogP) is 4.25. The van der Waals surface area contributed by atoms with Crippen LogP contribution in [0.5, 0.6) is 0 Å². The van der Waals surface area contributed by atoms with Crippen molar-refractivity contribution in [3.05, 3.63) is 42.0 Å². The van der Waals surface area contributed by atoms with Crippen molar-refractivity contribution in [2.24, 2.45) is 5.41 Å². The van der Waals surface area contributed by atoms with Gasteiger partial charge in [-0.05, 0) is 42.7 Å². The minimum atomic E-state index is -0.123. The van der Waals surface area contributed by atoms with Gasteiger partial charge in [-0.15, -0.1) is 0 Å². The summed E-state index contributed by atoms with van der Waals surface area (Å²) in [4.78, 5) is 0. The van der Waals surface area contributed by atoms with Crippen LogP contribution in [0, 0.1) is 23.7 Å². The summed E-state index contributed by atoms with van der Waals surface area (Å²) in [6.07, 6.45) is 3.25. The van der Waals surface area contributed by atoms with E-state index < -0.39 is 0 Å². The third kappa shape index (κ3) is 2.29. The van der Waals surface area contributed by atoms with Crippen molar-refractivity contribution in [3.8, 4) is 6.07 Å². The summed E-state index contributed by atoms with van der Waals surface area (Å²) < 4.78 is 0. The average Bonchev–Trinajstić information content (AvgIpc) is 2.38. The maximum Gasteiger partial charge on any atom is 0.0746 e. The Kier molecular flexibility index (Phi) is 2.91. The van der Waals surface area contributed by atoms with Crippen molar-refractivity contribution in [1.29, 1.82) is 5.26 Å². The Labute approximate surface area is 114 Å². The van der Waals surface area contributed by atoms with Crippen LogP contribution in [0.1, 0.15) is 24.8 Å². The van der Waals surface area contributed by atoms with Gasteiger partial charge in [-0.2, -0.15) is 5.26 Å². The van der Waals surface area contributed by atoms with Gasteiger partial charge in [-0.25, -0.2) is 0 Å². The van der Waals surface area contributed by atoms with Gasteiger partial charge in [-0.1, -0.05) is 36.2 Å². The Morgan fingerprint density at radius 2 is 1.89 bits per heavy atom. The predicted molar refractivity (Wildman–Crippen MR) is 79.1 cm³/mol. The van der Waals surface area contributed by atoms with Crippen molar-refractivity contribution in [1.82, 2.24) is 0 Å². The molecule has 2 nitrogen and oxygen atoms in total. The van der Waals surface area contributed by atoms with Gasteiger partial charge in [0.05, 0.1) is 11.5 Å². The smallest absolute Gasteiger partial charge is 0.0746 e. The molecule has 1 N–H and O–H groups in total. The maximum atomic E-state index is 9.23. The zero-order valence-corrected chi connectivity index (χ0v) is 11.2. The molecule has 0 aliphatic heterocycles.